The maximum atomic E-state index is 11.6. The number of carbonyl (C=O) groups excluding carboxylic acids is 1. The van der Waals surface area contributed by atoms with Crippen molar-refractivity contribution in [3.05, 3.63) is 41.6 Å². The molecule has 0 fully saturated rings. The number of aromatic nitrogens is 3. The lowest BCUT2D eigenvalue weighted by Gasteiger charge is -2.15. The van der Waals surface area contributed by atoms with E-state index in [0.29, 0.717) is 22.6 Å². The third-order valence-corrected chi connectivity index (χ3v) is 4.07. The lowest BCUT2D eigenvalue weighted by molar-refractivity contribution is 0.101. The van der Waals surface area contributed by atoms with Crippen molar-refractivity contribution < 1.29 is 9.53 Å². The zero-order valence-electron chi connectivity index (χ0n) is 16.0. The van der Waals surface area contributed by atoms with Crippen LogP contribution in [0.2, 0.25) is 0 Å². The molecule has 1 aromatic carbocycles. The van der Waals surface area contributed by atoms with E-state index in [1.807, 2.05) is 26.0 Å². The molecule has 5 heteroatoms. The fourth-order valence-electron chi connectivity index (χ4n) is 2.97. The summed E-state index contributed by atoms with van der Waals surface area (Å²) < 4.78 is 5.85. The Morgan fingerprint density at radius 3 is 2.62 bits per heavy atom. The Balaban J connectivity index is 2.06. The predicted molar refractivity (Wildman–Crippen MR) is 104 cm³/mol. The molecule has 0 spiro atoms. The van der Waals surface area contributed by atoms with Crippen molar-refractivity contribution in [3.63, 3.8) is 0 Å². The number of Topliss-reactive ketones (excluding diaryl/α,β-unsaturated/α-hetero) is 1. The summed E-state index contributed by atoms with van der Waals surface area (Å²) >= 11 is 0. The summed E-state index contributed by atoms with van der Waals surface area (Å²) in [6, 6.07) is 7.89. The van der Waals surface area contributed by atoms with Crippen LogP contribution in [0.5, 0.6) is 5.75 Å². The first-order valence-corrected chi connectivity index (χ1v) is 9.00. The molecule has 0 radical (unpaired) electrons. The molecule has 0 saturated carbocycles. The van der Waals surface area contributed by atoms with E-state index in [1.165, 1.54) is 12.5 Å². The Bertz CT molecular complexity index is 942. The van der Waals surface area contributed by atoms with Gasteiger partial charge in [-0.05, 0) is 62.9 Å². The standard InChI is InChI=1S/C21H25N3O2/c1-12(2)8-15-9-17(26-13(3)4)6-7-18(15)20-23-19-10-16(14(5)25)11-22-21(19)24-20/h6-7,9-13H,8H2,1-5H3,(H,22,23,24). The highest BCUT2D eigenvalue weighted by molar-refractivity contribution is 5.96. The van der Waals surface area contributed by atoms with Gasteiger partial charge in [-0.3, -0.25) is 4.79 Å². The Kier molecular flexibility index (Phi) is 5.07. The highest BCUT2D eigenvalue weighted by Gasteiger charge is 2.14. The highest BCUT2D eigenvalue weighted by Crippen LogP contribution is 2.29. The SMILES string of the molecule is CC(=O)c1cnc2[nH]c(-c3ccc(OC(C)C)cc3CC(C)C)nc2c1. The van der Waals surface area contributed by atoms with Gasteiger partial charge < -0.3 is 9.72 Å². The van der Waals surface area contributed by atoms with Crippen LogP contribution < -0.4 is 4.74 Å². The van der Waals surface area contributed by atoms with E-state index < -0.39 is 0 Å². The van der Waals surface area contributed by atoms with E-state index in [-0.39, 0.29) is 11.9 Å². The van der Waals surface area contributed by atoms with Crippen LogP contribution in [0.4, 0.5) is 0 Å². The monoisotopic (exact) mass is 351 g/mol. The van der Waals surface area contributed by atoms with E-state index in [2.05, 4.69) is 34.9 Å². The number of rotatable bonds is 6. The van der Waals surface area contributed by atoms with Crippen molar-refractivity contribution >= 4 is 16.9 Å². The summed E-state index contributed by atoms with van der Waals surface area (Å²) in [5.41, 5.74) is 4.17. The van der Waals surface area contributed by atoms with Crippen LogP contribution >= 0.6 is 0 Å². The van der Waals surface area contributed by atoms with Crippen molar-refractivity contribution in [1.82, 2.24) is 15.0 Å². The van der Waals surface area contributed by atoms with Crippen LogP contribution in [0.1, 0.15) is 50.5 Å². The predicted octanol–water partition coefficient (Wildman–Crippen LogP) is 4.81. The van der Waals surface area contributed by atoms with Gasteiger partial charge in [-0.25, -0.2) is 9.97 Å². The van der Waals surface area contributed by atoms with E-state index in [9.17, 15) is 4.79 Å². The maximum Gasteiger partial charge on any atom is 0.161 e. The molecule has 136 valence electrons. The fourth-order valence-corrected chi connectivity index (χ4v) is 2.97. The van der Waals surface area contributed by atoms with Crippen LogP contribution in [-0.4, -0.2) is 26.8 Å². The van der Waals surface area contributed by atoms with Gasteiger partial charge in [0.1, 0.15) is 17.1 Å². The topological polar surface area (TPSA) is 67.9 Å². The van der Waals surface area contributed by atoms with Gasteiger partial charge in [0, 0.05) is 17.3 Å². The number of imidazole rings is 1. The molecule has 2 heterocycles. The minimum Gasteiger partial charge on any atom is -0.491 e. The van der Waals surface area contributed by atoms with E-state index >= 15 is 0 Å². The Morgan fingerprint density at radius 2 is 1.96 bits per heavy atom. The minimum atomic E-state index is -0.0142. The molecule has 1 N–H and O–H groups in total. The molecule has 3 rings (SSSR count). The lowest BCUT2D eigenvalue weighted by atomic mass is 9.97. The van der Waals surface area contributed by atoms with Crippen molar-refractivity contribution in [3.8, 4) is 17.1 Å². The van der Waals surface area contributed by atoms with E-state index in [0.717, 1.165) is 23.6 Å². The Hall–Kier alpha value is -2.69. The largest absolute Gasteiger partial charge is 0.491 e. The number of fused-ring (bicyclic) bond motifs is 1. The average molecular weight is 351 g/mol. The Labute approximate surface area is 153 Å². The molecule has 2 aromatic heterocycles. The molecule has 0 bridgehead atoms. The second-order valence-corrected chi connectivity index (χ2v) is 7.32. The molecular formula is C21H25N3O2. The van der Waals surface area contributed by atoms with Gasteiger partial charge in [-0.1, -0.05) is 13.8 Å². The fraction of sp³-hybridized carbons (Fsp3) is 0.381. The number of hydrogen-bond donors (Lipinski definition) is 1. The summed E-state index contributed by atoms with van der Waals surface area (Å²) in [4.78, 5) is 23.9. The van der Waals surface area contributed by atoms with Gasteiger partial charge in [-0.15, -0.1) is 0 Å². The first-order chi connectivity index (χ1) is 12.3. The summed E-state index contributed by atoms with van der Waals surface area (Å²) in [7, 11) is 0. The summed E-state index contributed by atoms with van der Waals surface area (Å²) in [5, 5.41) is 0. The van der Waals surface area contributed by atoms with E-state index in [1.54, 1.807) is 12.3 Å². The number of benzene rings is 1. The van der Waals surface area contributed by atoms with Crippen molar-refractivity contribution in [1.29, 1.82) is 0 Å². The third kappa shape index (κ3) is 3.93. The first-order valence-electron chi connectivity index (χ1n) is 9.00. The number of nitrogens with one attached hydrogen (secondary N) is 1. The quantitative estimate of drug-likeness (QED) is 0.647. The molecular weight excluding hydrogens is 326 g/mol. The molecule has 5 nitrogen and oxygen atoms in total. The van der Waals surface area contributed by atoms with Gasteiger partial charge in [0.2, 0.25) is 0 Å². The van der Waals surface area contributed by atoms with Gasteiger partial charge in [-0.2, -0.15) is 0 Å². The lowest BCUT2D eigenvalue weighted by Crippen LogP contribution is -2.06. The van der Waals surface area contributed by atoms with Gasteiger partial charge in [0.15, 0.2) is 11.4 Å². The van der Waals surface area contributed by atoms with Crippen LogP contribution in [-0.2, 0) is 6.42 Å². The van der Waals surface area contributed by atoms with Crippen LogP contribution in [0.25, 0.3) is 22.6 Å². The zero-order valence-corrected chi connectivity index (χ0v) is 16.0. The zero-order chi connectivity index (χ0) is 18.8. The van der Waals surface area contributed by atoms with Crippen molar-refractivity contribution in [2.24, 2.45) is 5.92 Å². The minimum absolute atomic E-state index is 0.0142. The number of carbonyl (C=O) groups is 1. The molecule has 0 aliphatic heterocycles. The number of hydrogen-bond acceptors (Lipinski definition) is 4. The number of nitrogens with zero attached hydrogens (tertiary/aromatic N) is 2. The molecule has 0 aliphatic carbocycles. The number of ketones is 1. The van der Waals surface area contributed by atoms with Crippen molar-refractivity contribution in [2.75, 3.05) is 0 Å². The third-order valence-electron chi connectivity index (χ3n) is 4.07. The Morgan fingerprint density at radius 1 is 1.19 bits per heavy atom. The molecule has 0 saturated heterocycles. The summed E-state index contributed by atoms with van der Waals surface area (Å²) in [5.74, 6) is 2.13. The molecule has 0 atom stereocenters. The van der Waals surface area contributed by atoms with Crippen LogP contribution in [0.3, 0.4) is 0 Å². The number of H-pyrrole nitrogens is 1. The molecule has 0 aliphatic rings. The van der Waals surface area contributed by atoms with Gasteiger partial charge in [0.05, 0.1) is 6.10 Å². The molecule has 0 amide bonds. The summed E-state index contributed by atoms with van der Waals surface area (Å²) in [6.45, 7) is 9.96. The highest BCUT2D eigenvalue weighted by atomic mass is 16.5. The molecule has 3 aromatic rings. The maximum absolute atomic E-state index is 11.6. The number of aromatic amines is 1. The molecule has 26 heavy (non-hydrogen) atoms. The van der Waals surface area contributed by atoms with E-state index in [4.69, 9.17) is 4.74 Å². The van der Waals surface area contributed by atoms with Crippen LogP contribution in [0.15, 0.2) is 30.5 Å². The number of ether oxygens (including phenoxy) is 1. The first kappa shape index (κ1) is 18.1. The smallest absolute Gasteiger partial charge is 0.161 e. The second-order valence-electron chi connectivity index (χ2n) is 7.32. The second kappa shape index (κ2) is 7.28. The summed E-state index contributed by atoms with van der Waals surface area (Å²) in [6.07, 6.45) is 2.64. The van der Waals surface area contributed by atoms with Crippen molar-refractivity contribution in [2.45, 2.75) is 47.1 Å². The van der Waals surface area contributed by atoms with Gasteiger partial charge in [0.25, 0.3) is 0 Å². The molecule has 0 unspecified atom stereocenters. The normalized spacial score (nSPS) is 11.5. The average Bonchev–Trinajstić information content (AvgIpc) is 2.96. The number of pyridine rings is 1. The van der Waals surface area contributed by atoms with Gasteiger partial charge >= 0.3 is 0 Å². The van der Waals surface area contributed by atoms with Crippen LogP contribution in [0, 0.1) is 5.92 Å².